The van der Waals surface area contributed by atoms with Gasteiger partial charge in [0.15, 0.2) is 0 Å². The average molecular weight is 351 g/mol. The molecule has 0 saturated carbocycles. The Morgan fingerprint density at radius 2 is 1.85 bits per heavy atom. The summed E-state index contributed by atoms with van der Waals surface area (Å²) in [6, 6.07) is 2.44. The van der Waals surface area contributed by atoms with Crippen molar-refractivity contribution in [1.82, 2.24) is 4.72 Å². The summed E-state index contributed by atoms with van der Waals surface area (Å²) in [4.78, 5) is -0.394. The summed E-state index contributed by atoms with van der Waals surface area (Å²) < 4.78 is 61.6. The smallest absolute Gasteiger partial charge is 0.326 e. The maximum Gasteiger partial charge on any atom is 0.390 e. The van der Waals surface area contributed by atoms with Gasteiger partial charge in [0, 0.05) is 18.1 Å². The Kier molecular flexibility index (Phi) is 5.68. The molecule has 0 aliphatic heterocycles. The van der Waals surface area contributed by atoms with Gasteiger partial charge in [-0.05, 0) is 17.7 Å². The fraction of sp³-hybridized carbons (Fsp3) is 0.400. The third-order valence-corrected chi connectivity index (χ3v) is 4.55. The van der Waals surface area contributed by atoms with Crippen molar-refractivity contribution >= 4 is 33.2 Å². The largest absolute Gasteiger partial charge is 0.390 e. The van der Waals surface area contributed by atoms with Gasteiger partial charge in [-0.15, -0.1) is 0 Å². The number of hydrogen-bond donors (Lipinski definition) is 2. The van der Waals surface area contributed by atoms with Crippen LogP contribution in [0.2, 0.25) is 10.0 Å². The molecule has 0 aliphatic carbocycles. The quantitative estimate of drug-likeness (QED) is 0.857. The SMILES string of the molecule is NCc1cc(Cl)cc(S(=O)(=O)NCCC(F)(F)F)c1Cl. The van der Waals surface area contributed by atoms with Crippen LogP contribution in [0, 0.1) is 0 Å². The lowest BCUT2D eigenvalue weighted by molar-refractivity contribution is -0.132. The van der Waals surface area contributed by atoms with Crippen molar-refractivity contribution in [2.24, 2.45) is 5.73 Å². The summed E-state index contributed by atoms with van der Waals surface area (Å²) in [7, 11) is -4.19. The molecule has 3 N–H and O–H groups in total. The van der Waals surface area contributed by atoms with Crippen LogP contribution in [0.4, 0.5) is 13.2 Å². The van der Waals surface area contributed by atoms with Crippen LogP contribution in [-0.4, -0.2) is 21.1 Å². The molecule has 0 unspecified atom stereocenters. The highest BCUT2D eigenvalue weighted by atomic mass is 35.5. The van der Waals surface area contributed by atoms with Gasteiger partial charge in [0.1, 0.15) is 4.90 Å². The van der Waals surface area contributed by atoms with Crippen molar-refractivity contribution < 1.29 is 21.6 Å². The van der Waals surface area contributed by atoms with Crippen LogP contribution in [0.25, 0.3) is 0 Å². The molecule has 0 heterocycles. The molecular formula is C10H11Cl2F3N2O2S. The Labute approximate surface area is 124 Å². The van der Waals surface area contributed by atoms with Gasteiger partial charge in [0.05, 0.1) is 11.4 Å². The van der Waals surface area contributed by atoms with Crippen molar-refractivity contribution in [3.05, 3.63) is 27.7 Å². The minimum atomic E-state index is -4.46. The number of sulfonamides is 1. The minimum absolute atomic E-state index is 0.0511. The minimum Gasteiger partial charge on any atom is -0.326 e. The predicted octanol–water partition coefficient (Wildman–Crippen LogP) is 2.68. The molecule has 1 rings (SSSR count). The van der Waals surface area contributed by atoms with Crippen LogP contribution in [0.3, 0.4) is 0 Å². The molecule has 0 amide bonds. The first-order valence-corrected chi connectivity index (χ1v) is 7.55. The number of rotatable bonds is 5. The van der Waals surface area contributed by atoms with E-state index in [2.05, 4.69) is 0 Å². The second kappa shape index (κ2) is 6.48. The summed E-state index contributed by atoms with van der Waals surface area (Å²) in [6.07, 6.45) is -5.74. The van der Waals surface area contributed by atoms with E-state index in [1.54, 1.807) is 0 Å². The van der Waals surface area contributed by atoms with Crippen LogP contribution >= 0.6 is 23.2 Å². The molecule has 114 valence electrons. The highest BCUT2D eigenvalue weighted by Crippen LogP contribution is 2.29. The molecule has 0 aromatic heterocycles. The zero-order valence-corrected chi connectivity index (χ0v) is 12.3. The van der Waals surface area contributed by atoms with E-state index in [9.17, 15) is 21.6 Å². The van der Waals surface area contributed by atoms with E-state index < -0.39 is 34.1 Å². The number of alkyl halides is 3. The van der Waals surface area contributed by atoms with E-state index in [0.29, 0.717) is 0 Å². The van der Waals surface area contributed by atoms with E-state index in [4.69, 9.17) is 28.9 Å². The molecule has 20 heavy (non-hydrogen) atoms. The number of nitrogens with one attached hydrogen (secondary N) is 1. The molecule has 0 bridgehead atoms. The lowest BCUT2D eigenvalue weighted by Gasteiger charge is -2.12. The van der Waals surface area contributed by atoms with Gasteiger partial charge in [0.2, 0.25) is 10.0 Å². The van der Waals surface area contributed by atoms with Crippen LogP contribution in [-0.2, 0) is 16.6 Å². The van der Waals surface area contributed by atoms with Gasteiger partial charge in [0.25, 0.3) is 0 Å². The first-order valence-electron chi connectivity index (χ1n) is 5.31. The van der Waals surface area contributed by atoms with Gasteiger partial charge in [-0.25, -0.2) is 13.1 Å². The van der Waals surface area contributed by atoms with Crippen LogP contribution in [0.5, 0.6) is 0 Å². The molecule has 4 nitrogen and oxygen atoms in total. The van der Waals surface area contributed by atoms with Crippen molar-refractivity contribution in [2.45, 2.75) is 24.0 Å². The van der Waals surface area contributed by atoms with Crippen LogP contribution in [0.1, 0.15) is 12.0 Å². The van der Waals surface area contributed by atoms with E-state index in [0.717, 1.165) is 6.07 Å². The maximum atomic E-state index is 12.0. The molecular weight excluding hydrogens is 340 g/mol. The van der Waals surface area contributed by atoms with Crippen molar-refractivity contribution in [2.75, 3.05) is 6.54 Å². The first kappa shape index (κ1) is 17.5. The molecule has 1 aromatic rings. The monoisotopic (exact) mass is 350 g/mol. The van der Waals surface area contributed by atoms with Crippen LogP contribution in [0.15, 0.2) is 17.0 Å². The summed E-state index contributed by atoms with van der Waals surface area (Å²) in [5, 5.41) is -0.0811. The molecule has 0 spiro atoms. The lowest BCUT2D eigenvalue weighted by Crippen LogP contribution is -2.28. The third kappa shape index (κ3) is 4.78. The number of hydrogen-bond acceptors (Lipinski definition) is 3. The summed E-state index contributed by atoms with van der Waals surface area (Å²) >= 11 is 11.6. The second-order valence-corrected chi connectivity index (χ2v) is 6.39. The van der Waals surface area contributed by atoms with Gasteiger partial charge in [-0.1, -0.05) is 23.2 Å². The average Bonchev–Trinajstić information content (AvgIpc) is 2.29. The van der Waals surface area contributed by atoms with Crippen LogP contribution < -0.4 is 10.5 Å². The highest BCUT2D eigenvalue weighted by molar-refractivity contribution is 7.89. The first-order chi connectivity index (χ1) is 9.07. The Morgan fingerprint density at radius 3 is 2.35 bits per heavy atom. The predicted molar refractivity (Wildman–Crippen MR) is 70.2 cm³/mol. The standard InChI is InChI=1S/C10H11Cl2F3N2O2S/c11-7-3-6(5-16)9(12)8(4-7)20(18,19)17-2-1-10(13,14)15/h3-4,17H,1-2,5,16H2. The topological polar surface area (TPSA) is 72.2 Å². The molecule has 0 saturated heterocycles. The van der Waals surface area contributed by atoms with Gasteiger partial charge >= 0.3 is 6.18 Å². The third-order valence-electron chi connectivity index (χ3n) is 2.29. The lowest BCUT2D eigenvalue weighted by atomic mass is 10.2. The Hall–Kier alpha value is -0.540. The normalized spacial score (nSPS) is 12.7. The zero-order valence-electron chi connectivity index (χ0n) is 9.97. The fourth-order valence-electron chi connectivity index (χ4n) is 1.37. The second-order valence-electron chi connectivity index (χ2n) is 3.84. The van der Waals surface area contributed by atoms with E-state index in [1.807, 2.05) is 4.72 Å². The molecule has 10 heteroatoms. The van der Waals surface area contributed by atoms with E-state index >= 15 is 0 Å². The van der Waals surface area contributed by atoms with Gasteiger partial charge < -0.3 is 5.73 Å². The molecule has 1 aromatic carbocycles. The Balaban J connectivity index is 3.01. The number of halogens is 5. The van der Waals surface area contributed by atoms with Crippen molar-refractivity contribution in [3.8, 4) is 0 Å². The maximum absolute atomic E-state index is 12.0. The van der Waals surface area contributed by atoms with E-state index in [-0.39, 0.29) is 22.2 Å². The van der Waals surface area contributed by atoms with Gasteiger partial charge in [-0.3, -0.25) is 0 Å². The van der Waals surface area contributed by atoms with E-state index in [1.165, 1.54) is 6.07 Å². The number of benzene rings is 1. The molecule has 0 radical (unpaired) electrons. The Morgan fingerprint density at radius 1 is 1.25 bits per heavy atom. The molecule has 0 fully saturated rings. The van der Waals surface area contributed by atoms with Gasteiger partial charge in [-0.2, -0.15) is 13.2 Å². The summed E-state index contributed by atoms with van der Waals surface area (Å²) in [5.74, 6) is 0. The summed E-state index contributed by atoms with van der Waals surface area (Å²) in [6.45, 7) is -0.836. The molecule has 0 aliphatic rings. The highest BCUT2D eigenvalue weighted by Gasteiger charge is 2.28. The van der Waals surface area contributed by atoms with Crippen molar-refractivity contribution in [1.29, 1.82) is 0 Å². The summed E-state index contributed by atoms with van der Waals surface area (Å²) in [5.41, 5.74) is 5.67. The molecule has 0 atom stereocenters. The van der Waals surface area contributed by atoms with Crippen molar-refractivity contribution in [3.63, 3.8) is 0 Å². The fourth-order valence-corrected chi connectivity index (χ4v) is 3.34. The zero-order chi connectivity index (χ0) is 15.6. The number of nitrogens with two attached hydrogens (primary N) is 1. The Bertz CT molecular complexity index is 591.